The second-order valence-corrected chi connectivity index (χ2v) is 10.9. The second-order valence-electron chi connectivity index (χ2n) is 10.9. The maximum atomic E-state index is 12.8. The fourth-order valence-electron chi connectivity index (χ4n) is 5.20. The molecule has 2 aliphatic rings. The number of rotatable bonds is 6. The van der Waals surface area contributed by atoms with Gasteiger partial charge < -0.3 is 26.0 Å². The van der Waals surface area contributed by atoms with Crippen molar-refractivity contribution in [1.29, 1.82) is 5.41 Å². The third-order valence-electron chi connectivity index (χ3n) is 6.89. The highest BCUT2D eigenvalue weighted by Crippen LogP contribution is 2.40. The quantitative estimate of drug-likeness (QED) is 0.350. The van der Waals surface area contributed by atoms with Gasteiger partial charge in [-0.3, -0.25) is 15.2 Å². The number of carbonyl (C=O) groups is 2. The summed E-state index contributed by atoms with van der Waals surface area (Å²) in [5.74, 6) is 0.673. The van der Waals surface area contributed by atoms with Gasteiger partial charge >= 0.3 is 6.09 Å². The lowest BCUT2D eigenvalue weighted by molar-refractivity contribution is 0.0179. The van der Waals surface area contributed by atoms with Crippen molar-refractivity contribution >= 4 is 35.0 Å². The average molecular weight is 529 g/mol. The van der Waals surface area contributed by atoms with Gasteiger partial charge in [-0.2, -0.15) is 0 Å². The predicted octanol–water partition coefficient (Wildman–Crippen LogP) is 3.93. The third-order valence-corrected chi connectivity index (χ3v) is 6.89. The number of carbonyl (C=O) groups excluding carboxylic acids is 2. The normalized spacial score (nSPS) is 20.0. The molecule has 0 spiro atoms. The Morgan fingerprint density at radius 1 is 1.08 bits per heavy atom. The van der Waals surface area contributed by atoms with E-state index in [9.17, 15) is 9.59 Å². The fraction of sp³-hybridized carbons (Fsp3) is 0.357. The molecule has 1 saturated carbocycles. The molecule has 3 atom stereocenters. The van der Waals surface area contributed by atoms with E-state index in [1.54, 1.807) is 53.6 Å². The van der Waals surface area contributed by atoms with Gasteiger partial charge in [0.1, 0.15) is 29.3 Å². The number of anilines is 3. The zero-order valence-corrected chi connectivity index (χ0v) is 22.1. The molecule has 1 saturated heterocycles. The summed E-state index contributed by atoms with van der Waals surface area (Å²) in [6.45, 7) is 6.25. The number of hydrogen-bond acceptors (Lipinski definition) is 9. The van der Waals surface area contributed by atoms with Crippen LogP contribution < -0.4 is 16.4 Å². The molecule has 5 N–H and O–H groups in total. The van der Waals surface area contributed by atoms with E-state index in [0.717, 1.165) is 12.8 Å². The molecule has 3 aromatic rings. The summed E-state index contributed by atoms with van der Waals surface area (Å²) in [7, 11) is 0. The minimum absolute atomic E-state index is 0.0370. The van der Waals surface area contributed by atoms with E-state index in [2.05, 4.69) is 25.6 Å². The van der Waals surface area contributed by atoms with Gasteiger partial charge in [0, 0.05) is 30.0 Å². The van der Waals surface area contributed by atoms with Gasteiger partial charge in [-0.05, 0) is 63.8 Å². The maximum absolute atomic E-state index is 12.8. The molecule has 39 heavy (non-hydrogen) atoms. The minimum Gasteiger partial charge on any atom is -0.444 e. The molecule has 1 aromatic carbocycles. The number of likely N-dealkylation sites (tertiary alicyclic amines) is 1. The van der Waals surface area contributed by atoms with E-state index in [1.807, 2.05) is 20.8 Å². The Hall–Kier alpha value is -4.54. The van der Waals surface area contributed by atoms with Gasteiger partial charge in [0.2, 0.25) is 0 Å². The number of nitrogen functional groups attached to an aromatic ring is 1. The molecular formula is C28H32N8O3. The Balaban J connectivity index is 1.31. The molecule has 5 rings (SSSR count). The number of hydrogen-bond donors (Lipinski definition) is 4. The molecule has 0 radical (unpaired) electrons. The Labute approximate surface area is 226 Å². The summed E-state index contributed by atoms with van der Waals surface area (Å²) in [6, 6.07) is 11.9. The monoisotopic (exact) mass is 528 g/mol. The number of ether oxygens (including phenoxy) is 1. The standard InChI is InChI=1S/C28H32N8O3/c1-28(2,3)39-27(38)36-14-16-12-20(21(36)13-16)35-25-22(24(30)32-15-33-25)23(29)17-7-9-18(10-8-17)34-26(37)19-6-4-5-11-31-19/h4-11,15-16,20-21,29H,12-14H2,1-3H3,(H,34,37)(H3,30,32,33,35). The highest BCUT2D eigenvalue weighted by Gasteiger charge is 2.48. The van der Waals surface area contributed by atoms with Gasteiger partial charge in [0.05, 0.1) is 17.3 Å². The average Bonchev–Trinajstić information content (AvgIpc) is 3.49. The van der Waals surface area contributed by atoms with Crippen LogP contribution >= 0.6 is 0 Å². The van der Waals surface area contributed by atoms with Crippen LogP contribution in [0.15, 0.2) is 55.0 Å². The molecular weight excluding hydrogens is 496 g/mol. The van der Waals surface area contributed by atoms with Crippen molar-refractivity contribution in [3.05, 3.63) is 71.8 Å². The second kappa shape index (κ2) is 10.3. The molecule has 11 nitrogen and oxygen atoms in total. The number of pyridine rings is 1. The lowest BCUT2D eigenvalue weighted by atomic mass is 10.0. The smallest absolute Gasteiger partial charge is 0.410 e. The van der Waals surface area contributed by atoms with Crippen LogP contribution in [-0.4, -0.2) is 61.8 Å². The Morgan fingerprint density at radius 3 is 2.51 bits per heavy atom. The predicted molar refractivity (Wildman–Crippen MR) is 148 cm³/mol. The fourth-order valence-corrected chi connectivity index (χ4v) is 5.20. The first kappa shape index (κ1) is 26.1. The number of aromatic nitrogens is 3. The highest BCUT2D eigenvalue weighted by atomic mass is 16.6. The van der Waals surface area contributed by atoms with Crippen LogP contribution in [0.3, 0.4) is 0 Å². The number of nitrogens with zero attached hydrogens (tertiary/aromatic N) is 4. The first-order valence-electron chi connectivity index (χ1n) is 12.9. The maximum Gasteiger partial charge on any atom is 0.410 e. The van der Waals surface area contributed by atoms with E-state index >= 15 is 0 Å². The van der Waals surface area contributed by atoms with Crippen LogP contribution in [0.2, 0.25) is 0 Å². The Morgan fingerprint density at radius 2 is 1.85 bits per heavy atom. The third kappa shape index (κ3) is 5.66. The first-order valence-corrected chi connectivity index (χ1v) is 12.9. The SMILES string of the molecule is CC(C)(C)OC(=O)N1CC2CC(Nc3ncnc(N)c3C(=N)c3ccc(NC(=O)c4ccccn4)cc3)C1C2. The van der Waals surface area contributed by atoms with Crippen molar-refractivity contribution in [2.45, 2.75) is 51.3 Å². The van der Waals surface area contributed by atoms with E-state index in [4.69, 9.17) is 15.9 Å². The van der Waals surface area contributed by atoms with E-state index in [1.165, 1.54) is 6.33 Å². The summed E-state index contributed by atoms with van der Waals surface area (Å²) in [4.78, 5) is 39.6. The zero-order valence-electron chi connectivity index (χ0n) is 22.1. The van der Waals surface area contributed by atoms with E-state index in [0.29, 0.717) is 40.8 Å². The number of nitrogens with one attached hydrogen (secondary N) is 3. The lowest BCUT2D eigenvalue weighted by Crippen LogP contribution is -2.49. The van der Waals surface area contributed by atoms with Crippen LogP contribution in [0.1, 0.15) is 55.2 Å². The van der Waals surface area contributed by atoms with Crippen LogP contribution in [0.4, 0.5) is 22.1 Å². The molecule has 1 aliphatic carbocycles. The van der Waals surface area contributed by atoms with Gasteiger partial charge in [-0.1, -0.05) is 18.2 Å². The van der Waals surface area contributed by atoms with Crippen molar-refractivity contribution in [1.82, 2.24) is 19.9 Å². The molecule has 11 heteroatoms. The summed E-state index contributed by atoms with van der Waals surface area (Å²) in [6.07, 6.45) is 4.38. The topological polar surface area (TPSA) is 159 Å². The minimum atomic E-state index is -0.567. The summed E-state index contributed by atoms with van der Waals surface area (Å²) in [5, 5.41) is 15.2. The summed E-state index contributed by atoms with van der Waals surface area (Å²) in [5.41, 5.74) is 7.66. The van der Waals surface area contributed by atoms with Gasteiger partial charge in [0.25, 0.3) is 5.91 Å². The van der Waals surface area contributed by atoms with E-state index < -0.39 is 5.60 Å². The molecule has 3 unspecified atom stereocenters. The highest BCUT2D eigenvalue weighted by molar-refractivity contribution is 6.16. The molecule has 2 bridgehead atoms. The number of nitrogens with two attached hydrogens (primary N) is 1. The number of piperidine rings is 1. The number of amides is 2. The van der Waals surface area contributed by atoms with Crippen molar-refractivity contribution in [2.75, 3.05) is 22.9 Å². The van der Waals surface area contributed by atoms with Crippen LogP contribution in [0, 0.1) is 11.3 Å². The van der Waals surface area contributed by atoms with Crippen molar-refractivity contribution in [3.63, 3.8) is 0 Å². The zero-order chi connectivity index (χ0) is 27.7. The van der Waals surface area contributed by atoms with Crippen LogP contribution in [0.5, 0.6) is 0 Å². The molecule has 3 heterocycles. The van der Waals surface area contributed by atoms with E-state index in [-0.39, 0.29) is 35.6 Å². The van der Waals surface area contributed by atoms with Crippen molar-refractivity contribution < 1.29 is 14.3 Å². The van der Waals surface area contributed by atoms with Gasteiger partial charge in [-0.25, -0.2) is 14.8 Å². The van der Waals surface area contributed by atoms with Gasteiger partial charge in [0.15, 0.2) is 0 Å². The summed E-state index contributed by atoms with van der Waals surface area (Å²) >= 11 is 0. The van der Waals surface area contributed by atoms with Crippen LogP contribution in [0.25, 0.3) is 0 Å². The molecule has 2 aromatic heterocycles. The molecule has 2 amide bonds. The Bertz CT molecular complexity index is 1390. The van der Waals surface area contributed by atoms with Crippen molar-refractivity contribution in [2.24, 2.45) is 5.92 Å². The van der Waals surface area contributed by atoms with Gasteiger partial charge in [-0.15, -0.1) is 0 Å². The Kier molecular flexibility index (Phi) is 6.90. The lowest BCUT2D eigenvalue weighted by Gasteiger charge is -2.35. The first-order chi connectivity index (χ1) is 18.6. The molecule has 1 aliphatic heterocycles. The number of fused-ring (bicyclic) bond motifs is 2. The number of benzene rings is 1. The molecule has 2 fully saturated rings. The summed E-state index contributed by atoms with van der Waals surface area (Å²) < 4.78 is 5.62. The molecule has 202 valence electrons. The van der Waals surface area contributed by atoms with Crippen molar-refractivity contribution in [3.8, 4) is 0 Å². The van der Waals surface area contributed by atoms with Crippen LogP contribution in [-0.2, 0) is 4.74 Å². The largest absolute Gasteiger partial charge is 0.444 e.